The highest BCUT2D eigenvalue weighted by Crippen LogP contribution is 2.12. The highest BCUT2D eigenvalue weighted by molar-refractivity contribution is 7.11. The number of aliphatic carboxylic acids is 1. The van der Waals surface area contributed by atoms with Crippen LogP contribution in [-0.4, -0.2) is 33.9 Å². The molecule has 0 saturated carbocycles. The molecule has 0 unspecified atom stereocenters. The molecule has 0 aliphatic heterocycles. The van der Waals surface area contributed by atoms with Crippen LogP contribution in [0.5, 0.6) is 0 Å². The van der Waals surface area contributed by atoms with E-state index in [9.17, 15) is 14.4 Å². The second-order valence-electron chi connectivity index (χ2n) is 3.64. The smallest absolute Gasteiger partial charge is 0.326 e. The van der Waals surface area contributed by atoms with Gasteiger partial charge in [-0.05, 0) is 13.3 Å². The average Bonchev–Trinajstić information content (AvgIpc) is 2.69. The van der Waals surface area contributed by atoms with Crippen molar-refractivity contribution in [2.24, 2.45) is 5.73 Å². The van der Waals surface area contributed by atoms with Crippen LogP contribution >= 0.6 is 11.3 Å². The summed E-state index contributed by atoms with van der Waals surface area (Å²) in [6.45, 7) is 1.66. The topological polar surface area (TPSA) is 122 Å². The number of nitrogens with zero attached hydrogens (tertiary/aromatic N) is 1. The van der Waals surface area contributed by atoms with Crippen LogP contribution in [0.15, 0.2) is 5.51 Å². The average molecular weight is 271 g/mol. The number of carbonyl (C=O) groups excluding carboxylic acids is 2. The number of thiazole rings is 1. The van der Waals surface area contributed by atoms with Crippen LogP contribution < -0.4 is 11.1 Å². The summed E-state index contributed by atoms with van der Waals surface area (Å²) in [6.07, 6.45) is -0.132. The van der Waals surface area contributed by atoms with Gasteiger partial charge in [0.25, 0.3) is 5.91 Å². The van der Waals surface area contributed by atoms with Crippen LogP contribution in [-0.2, 0) is 9.59 Å². The van der Waals surface area contributed by atoms with Crippen LogP contribution in [0.25, 0.3) is 0 Å². The maximum Gasteiger partial charge on any atom is 0.326 e. The Bertz CT molecular complexity index is 471. The van der Waals surface area contributed by atoms with Crippen molar-refractivity contribution in [3.63, 3.8) is 0 Å². The number of carboxylic acid groups (broad SMARTS) is 1. The number of nitrogens with one attached hydrogen (secondary N) is 1. The molecule has 1 aromatic heterocycles. The first-order valence-electron chi connectivity index (χ1n) is 5.14. The lowest BCUT2D eigenvalue weighted by Gasteiger charge is -2.13. The van der Waals surface area contributed by atoms with Crippen LogP contribution in [0.3, 0.4) is 0 Å². The predicted octanol–water partition coefficient (Wildman–Crippen LogP) is -0.1000. The fourth-order valence-electron chi connectivity index (χ4n) is 1.29. The summed E-state index contributed by atoms with van der Waals surface area (Å²) in [5.41, 5.74) is 6.98. The molecule has 98 valence electrons. The van der Waals surface area contributed by atoms with E-state index in [1.54, 1.807) is 6.92 Å². The summed E-state index contributed by atoms with van der Waals surface area (Å²) < 4.78 is 0. The molecule has 4 N–H and O–H groups in total. The third kappa shape index (κ3) is 3.81. The zero-order chi connectivity index (χ0) is 13.7. The highest BCUT2D eigenvalue weighted by Gasteiger charge is 2.22. The van der Waals surface area contributed by atoms with E-state index < -0.39 is 23.8 Å². The molecular weight excluding hydrogens is 258 g/mol. The fourth-order valence-corrected chi connectivity index (χ4v) is 1.99. The van der Waals surface area contributed by atoms with Gasteiger partial charge in [0.15, 0.2) is 0 Å². The summed E-state index contributed by atoms with van der Waals surface area (Å²) in [4.78, 5) is 37.6. The predicted molar refractivity (Wildman–Crippen MR) is 64.2 cm³/mol. The maximum absolute atomic E-state index is 11.8. The molecule has 1 aromatic rings. The van der Waals surface area contributed by atoms with Crippen molar-refractivity contribution in [1.29, 1.82) is 0 Å². The van der Waals surface area contributed by atoms with Crippen molar-refractivity contribution < 1.29 is 19.5 Å². The zero-order valence-corrected chi connectivity index (χ0v) is 10.5. The van der Waals surface area contributed by atoms with E-state index in [-0.39, 0.29) is 12.8 Å². The lowest BCUT2D eigenvalue weighted by atomic mass is 10.1. The molecule has 0 spiro atoms. The van der Waals surface area contributed by atoms with Gasteiger partial charge in [0.2, 0.25) is 5.91 Å². The normalized spacial score (nSPS) is 11.8. The third-order valence-corrected chi connectivity index (χ3v) is 3.16. The Kier molecular flexibility index (Phi) is 4.78. The molecular formula is C10H13N3O4S. The number of aromatic nitrogens is 1. The number of hydrogen-bond acceptors (Lipinski definition) is 5. The van der Waals surface area contributed by atoms with Crippen molar-refractivity contribution in [2.45, 2.75) is 25.8 Å². The molecule has 18 heavy (non-hydrogen) atoms. The minimum absolute atomic E-state index is 0.0335. The van der Waals surface area contributed by atoms with Gasteiger partial charge in [0.1, 0.15) is 10.9 Å². The fraction of sp³-hybridized carbons (Fsp3) is 0.400. The van der Waals surface area contributed by atoms with Crippen LogP contribution in [0.4, 0.5) is 0 Å². The Labute approximate surface area is 107 Å². The SMILES string of the molecule is Cc1ncsc1C(=O)N[C@H](CCC(N)=O)C(=O)O. The van der Waals surface area contributed by atoms with Crippen molar-refractivity contribution in [3.05, 3.63) is 16.1 Å². The van der Waals surface area contributed by atoms with E-state index in [1.165, 1.54) is 5.51 Å². The first-order valence-corrected chi connectivity index (χ1v) is 6.02. The molecule has 8 heteroatoms. The number of amides is 2. The van der Waals surface area contributed by atoms with Gasteiger partial charge in [-0.15, -0.1) is 11.3 Å². The van der Waals surface area contributed by atoms with Crippen molar-refractivity contribution >= 4 is 29.1 Å². The first-order chi connectivity index (χ1) is 8.41. The first kappa shape index (κ1) is 14.1. The van der Waals surface area contributed by atoms with E-state index in [0.29, 0.717) is 10.6 Å². The van der Waals surface area contributed by atoms with Crippen LogP contribution in [0.1, 0.15) is 28.2 Å². The van der Waals surface area contributed by atoms with Gasteiger partial charge >= 0.3 is 5.97 Å². The van der Waals surface area contributed by atoms with Gasteiger partial charge < -0.3 is 16.2 Å². The molecule has 1 rings (SSSR count). The molecule has 0 aliphatic carbocycles. The molecule has 2 amide bonds. The molecule has 1 atom stereocenters. The largest absolute Gasteiger partial charge is 0.480 e. The summed E-state index contributed by atoms with van der Waals surface area (Å²) in [6, 6.07) is -1.13. The Morgan fingerprint density at radius 1 is 1.56 bits per heavy atom. The van der Waals surface area contributed by atoms with Gasteiger partial charge in [-0.3, -0.25) is 9.59 Å². The number of carboxylic acids is 1. The van der Waals surface area contributed by atoms with Gasteiger partial charge in [-0.1, -0.05) is 0 Å². The van der Waals surface area contributed by atoms with Crippen molar-refractivity contribution in [1.82, 2.24) is 10.3 Å². The summed E-state index contributed by atoms with van der Waals surface area (Å²) in [7, 11) is 0. The van der Waals surface area contributed by atoms with Gasteiger partial charge in [-0.2, -0.15) is 0 Å². The molecule has 0 aromatic carbocycles. The second kappa shape index (κ2) is 6.10. The summed E-state index contributed by atoms with van der Waals surface area (Å²) >= 11 is 1.13. The Hall–Kier alpha value is -1.96. The van der Waals surface area contributed by atoms with E-state index in [0.717, 1.165) is 11.3 Å². The molecule has 0 fully saturated rings. The molecule has 0 aliphatic rings. The molecule has 0 bridgehead atoms. The summed E-state index contributed by atoms with van der Waals surface area (Å²) in [5.74, 6) is -2.32. The van der Waals surface area contributed by atoms with Gasteiger partial charge in [-0.25, -0.2) is 9.78 Å². The molecule has 0 saturated heterocycles. The lowest BCUT2D eigenvalue weighted by molar-refractivity contribution is -0.139. The number of aryl methyl sites for hydroxylation is 1. The highest BCUT2D eigenvalue weighted by atomic mass is 32.1. The van der Waals surface area contributed by atoms with Gasteiger partial charge in [0, 0.05) is 6.42 Å². The number of primary amides is 1. The van der Waals surface area contributed by atoms with Crippen LogP contribution in [0, 0.1) is 6.92 Å². The van der Waals surface area contributed by atoms with E-state index >= 15 is 0 Å². The number of carbonyl (C=O) groups is 3. The van der Waals surface area contributed by atoms with Crippen molar-refractivity contribution in [2.75, 3.05) is 0 Å². The number of hydrogen-bond donors (Lipinski definition) is 3. The lowest BCUT2D eigenvalue weighted by Crippen LogP contribution is -2.41. The second-order valence-corrected chi connectivity index (χ2v) is 4.49. The maximum atomic E-state index is 11.8. The molecule has 0 radical (unpaired) electrons. The Morgan fingerprint density at radius 3 is 2.67 bits per heavy atom. The van der Waals surface area contributed by atoms with Crippen molar-refractivity contribution in [3.8, 4) is 0 Å². The summed E-state index contributed by atoms with van der Waals surface area (Å²) in [5, 5.41) is 11.3. The number of rotatable bonds is 6. The Balaban J connectivity index is 2.67. The third-order valence-electron chi connectivity index (χ3n) is 2.23. The van der Waals surface area contributed by atoms with E-state index in [4.69, 9.17) is 10.8 Å². The minimum Gasteiger partial charge on any atom is -0.480 e. The Morgan fingerprint density at radius 2 is 2.22 bits per heavy atom. The van der Waals surface area contributed by atoms with Crippen LogP contribution in [0.2, 0.25) is 0 Å². The number of nitrogens with two attached hydrogens (primary N) is 1. The van der Waals surface area contributed by atoms with E-state index in [1.807, 2.05) is 0 Å². The zero-order valence-electron chi connectivity index (χ0n) is 9.67. The van der Waals surface area contributed by atoms with Gasteiger partial charge in [0.05, 0.1) is 11.2 Å². The van der Waals surface area contributed by atoms with E-state index in [2.05, 4.69) is 10.3 Å². The standard InChI is InChI=1S/C10H13N3O4S/c1-5-8(18-4-12-5)9(15)13-6(10(16)17)2-3-7(11)14/h4,6H,2-3H2,1H3,(H2,11,14)(H,13,15)(H,16,17)/t6-/m1/s1. The quantitative estimate of drug-likeness (QED) is 0.666. The molecule has 1 heterocycles. The monoisotopic (exact) mass is 271 g/mol. The molecule has 7 nitrogen and oxygen atoms in total. The minimum atomic E-state index is -1.20.